The van der Waals surface area contributed by atoms with Gasteiger partial charge in [0.2, 0.25) is 5.82 Å². The first kappa shape index (κ1) is 19.3. The van der Waals surface area contributed by atoms with Crippen molar-refractivity contribution in [1.82, 2.24) is 29.8 Å². The summed E-state index contributed by atoms with van der Waals surface area (Å²) >= 11 is 1.77. The Hall–Kier alpha value is -2.06. The highest BCUT2D eigenvalue weighted by atomic mass is 32.1. The third-order valence-corrected chi connectivity index (χ3v) is 6.89. The zero-order valence-corrected chi connectivity index (χ0v) is 17.9. The smallest absolute Gasteiger partial charge is 0.291 e. The fourth-order valence-electron chi connectivity index (χ4n) is 3.99. The topological polar surface area (TPSA) is 75.4 Å². The summed E-state index contributed by atoms with van der Waals surface area (Å²) in [6.45, 7) is 11.8. The number of amides is 1. The molecule has 0 saturated carbocycles. The first-order chi connectivity index (χ1) is 13.5. The maximum Gasteiger partial charge on any atom is 0.291 e. The molecule has 1 aliphatic rings. The Morgan fingerprint density at radius 2 is 2.11 bits per heavy atom. The number of nitrogens with one attached hydrogen (secondary N) is 1. The number of carbonyl (C=O) groups excluding carboxylic acids is 1. The van der Waals surface area contributed by atoms with Crippen LogP contribution in [0.15, 0.2) is 0 Å². The van der Waals surface area contributed by atoms with Gasteiger partial charge in [0.15, 0.2) is 5.65 Å². The molecule has 1 atom stereocenters. The average molecular weight is 401 g/mol. The lowest BCUT2D eigenvalue weighted by atomic mass is 9.89. The van der Waals surface area contributed by atoms with Crippen molar-refractivity contribution in [2.75, 3.05) is 26.2 Å². The summed E-state index contributed by atoms with van der Waals surface area (Å²) in [4.78, 5) is 26.7. The van der Waals surface area contributed by atoms with Gasteiger partial charge in [0.1, 0.15) is 10.7 Å². The molecule has 3 aromatic heterocycles. The number of aromatic nitrogens is 4. The Labute approximate surface area is 169 Å². The van der Waals surface area contributed by atoms with Crippen LogP contribution in [-0.4, -0.2) is 56.6 Å². The van der Waals surface area contributed by atoms with Crippen molar-refractivity contribution < 1.29 is 4.79 Å². The van der Waals surface area contributed by atoms with Gasteiger partial charge in [-0.25, -0.2) is 9.97 Å². The summed E-state index contributed by atoms with van der Waals surface area (Å²) in [7, 11) is 0. The number of carbonyl (C=O) groups is 1. The molecule has 0 fully saturated rings. The van der Waals surface area contributed by atoms with Crippen LogP contribution >= 0.6 is 11.3 Å². The second kappa shape index (κ2) is 7.75. The lowest BCUT2D eigenvalue weighted by Crippen LogP contribution is -2.35. The number of thiophene rings is 1. The first-order valence-electron chi connectivity index (χ1n) is 10.2. The van der Waals surface area contributed by atoms with Crippen molar-refractivity contribution in [2.45, 2.75) is 47.0 Å². The lowest BCUT2D eigenvalue weighted by Gasteiger charge is -2.17. The number of likely N-dealkylation sites (N-methyl/N-ethyl adjacent to an activating group) is 1. The standard InChI is InChI=1S/C20H28N6OS/c1-5-25(6-2)10-9-21-19(27)17-23-18-16-14-11-12(3)7-8-15(14)28-20(16)22-13(4)26(18)24-17/h12H,5-11H2,1-4H3,(H,21,27)/t12-/m1/s1. The quantitative estimate of drug-likeness (QED) is 0.689. The summed E-state index contributed by atoms with van der Waals surface area (Å²) in [5.41, 5.74) is 2.13. The zero-order valence-electron chi connectivity index (χ0n) is 17.1. The summed E-state index contributed by atoms with van der Waals surface area (Å²) in [5.74, 6) is 1.43. The monoisotopic (exact) mass is 400 g/mol. The van der Waals surface area contributed by atoms with Crippen LogP contribution in [0.5, 0.6) is 0 Å². The molecule has 0 aliphatic heterocycles. The molecule has 0 unspecified atom stereocenters. The van der Waals surface area contributed by atoms with Crippen molar-refractivity contribution in [2.24, 2.45) is 5.92 Å². The van der Waals surface area contributed by atoms with Crippen molar-refractivity contribution in [1.29, 1.82) is 0 Å². The van der Waals surface area contributed by atoms with Gasteiger partial charge in [0.05, 0.1) is 5.39 Å². The van der Waals surface area contributed by atoms with Gasteiger partial charge in [-0.3, -0.25) is 4.79 Å². The lowest BCUT2D eigenvalue weighted by molar-refractivity contribution is 0.0939. The molecule has 1 aliphatic carbocycles. The molecule has 7 nitrogen and oxygen atoms in total. The average Bonchev–Trinajstić information content (AvgIpc) is 3.26. The van der Waals surface area contributed by atoms with Gasteiger partial charge in [-0.2, -0.15) is 4.52 Å². The number of hydrogen-bond acceptors (Lipinski definition) is 6. The summed E-state index contributed by atoms with van der Waals surface area (Å²) in [6.07, 6.45) is 3.38. The molecule has 150 valence electrons. The fraction of sp³-hybridized carbons (Fsp3) is 0.600. The minimum absolute atomic E-state index is 0.221. The number of aryl methyl sites for hydroxylation is 2. The van der Waals surface area contributed by atoms with E-state index in [4.69, 9.17) is 4.98 Å². The van der Waals surface area contributed by atoms with E-state index in [1.165, 1.54) is 16.9 Å². The summed E-state index contributed by atoms with van der Waals surface area (Å²) in [5, 5.41) is 8.51. The Bertz CT molecular complexity index is 1020. The molecule has 3 aromatic rings. The molecule has 8 heteroatoms. The van der Waals surface area contributed by atoms with Crippen molar-refractivity contribution in [3.63, 3.8) is 0 Å². The van der Waals surface area contributed by atoms with Crippen molar-refractivity contribution in [3.05, 3.63) is 22.1 Å². The minimum Gasteiger partial charge on any atom is -0.348 e. The van der Waals surface area contributed by atoms with E-state index in [1.54, 1.807) is 15.9 Å². The maximum atomic E-state index is 12.6. The number of rotatable bonds is 6. The molecule has 3 heterocycles. The van der Waals surface area contributed by atoms with Crippen LogP contribution in [0.3, 0.4) is 0 Å². The summed E-state index contributed by atoms with van der Waals surface area (Å²) < 4.78 is 1.73. The molecular formula is C20H28N6OS. The highest BCUT2D eigenvalue weighted by Gasteiger charge is 2.25. The van der Waals surface area contributed by atoms with Crippen LogP contribution in [0.2, 0.25) is 0 Å². The van der Waals surface area contributed by atoms with E-state index in [1.807, 2.05) is 6.92 Å². The molecule has 0 saturated heterocycles. The molecular weight excluding hydrogens is 372 g/mol. The van der Waals surface area contributed by atoms with E-state index in [2.05, 4.69) is 41.1 Å². The van der Waals surface area contributed by atoms with Gasteiger partial charge < -0.3 is 10.2 Å². The normalized spacial score (nSPS) is 16.8. The van der Waals surface area contributed by atoms with E-state index in [0.29, 0.717) is 12.5 Å². The first-order valence-corrected chi connectivity index (χ1v) is 11.0. The van der Waals surface area contributed by atoms with E-state index >= 15 is 0 Å². The second-order valence-electron chi connectivity index (χ2n) is 7.64. The number of nitrogens with zero attached hydrogens (tertiary/aromatic N) is 5. The van der Waals surface area contributed by atoms with Crippen molar-refractivity contribution in [3.8, 4) is 0 Å². The van der Waals surface area contributed by atoms with Crippen molar-refractivity contribution >= 4 is 33.1 Å². The van der Waals surface area contributed by atoms with Gasteiger partial charge >= 0.3 is 0 Å². The molecule has 0 radical (unpaired) electrons. The molecule has 0 bridgehead atoms. The third kappa shape index (κ3) is 3.39. The molecule has 1 amide bonds. The Balaban J connectivity index is 1.66. The highest BCUT2D eigenvalue weighted by Crippen LogP contribution is 2.38. The summed E-state index contributed by atoms with van der Waals surface area (Å²) in [6, 6.07) is 0. The largest absolute Gasteiger partial charge is 0.348 e. The second-order valence-corrected chi connectivity index (χ2v) is 8.73. The van der Waals surface area contributed by atoms with Gasteiger partial charge in [0.25, 0.3) is 5.91 Å². The minimum atomic E-state index is -0.221. The van der Waals surface area contributed by atoms with E-state index in [0.717, 1.165) is 54.2 Å². The van der Waals surface area contributed by atoms with Crippen LogP contribution < -0.4 is 5.32 Å². The van der Waals surface area contributed by atoms with E-state index < -0.39 is 0 Å². The fourth-order valence-corrected chi connectivity index (χ4v) is 5.25. The van der Waals surface area contributed by atoms with Crippen LogP contribution in [0, 0.1) is 12.8 Å². The molecule has 0 spiro atoms. The van der Waals surface area contributed by atoms with Crippen LogP contribution in [-0.2, 0) is 12.8 Å². The van der Waals surface area contributed by atoms with Crippen LogP contribution in [0.1, 0.15) is 54.1 Å². The van der Waals surface area contributed by atoms with Crippen LogP contribution in [0.4, 0.5) is 0 Å². The third-order valence-electron chi connectivity index (χ3n) is 5.70. The maximum absolute atomic E-state index is 12.6. The number of fused-ring (bicyclic) bond motifs is 5. The Morgan fingerprint density at radius 1 is 1.32 bits per heavy atom. The molecule has 1 N–H and O–H groups in total. The van der Waals surface area contributed by atoms with E-state index in [-0.39, 0.29) is 11.7 Å². The van der Waals surface area contributed by atoms with Gasteiger partial charge in [0, 0.05) is 18.0 Å². The predicted molar refractivity (Wildman–Crippen MR) is 112 cm³/mol. The molecule has 28 heavy (non-hydrogen) atoms. The predicted octanol–water partition coefficient (Wildman–Crippen LogP) is 2.84. The molecule has 0 aromatic carbocycles. The Kier molecular flexibility index (Phi) is 5.33. The molecule has 4 rings (SSSR count). The van der Waals surface area contributed by atoms with Gasteiger partial charge in [-0.05, 0) is 50.8 Å². The van der Waals surface area contributed by atoms with Gasteiger partial charge in [-0.15, -0.1) is 16.4 Å². The Morgan fingerprint density at radius 3 is 2.86 bits per heavy atom. The van der Waals surface area contributed by atoms with Crippen LogP contribution in [0.25, 0.3) is 15.9 Å². The highest BCUT2D eigenvalue weighted by molar-refractivity contribution is 7.19. The van der Waals surface area contributed by atoms with Gasteiger partial charge in [-0.1, -0.05) is 20.8 Å². The zero-order chi connectivity index (χ0) is 19.8. The van der Waals surface area contributed by atoms with E-state index in [9.17, 15) is 4.79 Å². The SMILES string of the molecule is CCN(CC)CCNC(=O)c1nc2c3c4c(sc3nc(C)n2n1)CC[C@@H](C)C4. The number of hydrogen-bond donors (Lipinski definition) is 1.